The lowest BCUT2D eigenvalue weighted by atomic mass is 10.1. The van der Waals surface area contributed by atoms with Gasteiger partial charge in [-0.15, -0.1) is 0 Å². The molecule has 0 aromatic heterocycles. The molecule has 0 fully saturated rings. The van der Waals surface area contributed by atoms with Crippen LogP contribution in [0.4, 0.5) is 5.69 Å². The quantitative estimate of drug-likeness (QED) is 0.341. The molecular weight excluding hydrogens is 542 g/mol. The van der Waals surface area contributed by atoms with E-state index < -0.39 is 28.5 Å². The Balaban J connectivity index is 2.10. The minimum absolute atomic E-state index is 0.0658. The molecule has 0 aliphatic rings. The highest BCUT2D eigenvalue weighted by Crippen LogP contribution is 2.33. The molecule has 10 heteroatoms. The average Bonchev–Trinajstić information content (AvgIpc) is 2.94. The summed E-state index contributed by atoms with van der Waals surface area (Å²) in [7, 11) is -1.37. The number of aryl methyl sites for hydroxylation is 3. The Hall–Kier alpha value is -4.05. The zero-order valence-corrected chi connectivity index (χ0v) is 25.5. The Morgan fingerprint density at radius 2 is 1.46 bits per heavy atom. The summed E-state index contributed by atoms with van der Waals surface area (Å²) < 4.78 is 40.0. The van der Waals surface area contributed by atoms with Gasteiger partial charge in [-0.2, -0.15) is 0 Å². The van der Waals surface area contributed by atoms with Gasteiger partial charge in [0.1, 0.15) is 12.6 Å². The fourth-order valence-electron chi connectivity index (χ4n) is 4.52. The minimum atomic E-state index is -4.26. The summed E-state index contributed by atoms with van der Waals surface area (Å²) in [5, 5.41) is 2.76. The third kappa shape index (κ3) is 7.58. The van der Waals surface area contributed by atoms with Crippen LogP contribution in [0.2, 0.25) is 0 Å². The van der Waals surface area contributed by atoms with E-state index in [4.69, 9.17) is 9.47 Å². The van der Waals surface area contributed by atoms with Gasteiger partial charge in [-0.3, -0.25) is 13.9 Å². The second-order valence-electron chi connectivity index (χ2n) is 9.95. The van der Waals surface area contributed by atoms with E-state index in [1.54, 1.807) is 26.0 Å². The normalized spacial score (nSPS) is 11.9. The number of carbonyl (C=O) groups is 2. The molecule has 3 aromatic rings. The van der Waals surface area contributed by atoms with E-state index in [-0.39, 0.29) is 23.1 Å². The van der Waals surface area contributed by atoms with Gasteiger partial charge in [0.15, 0.2) is 11.5 Å². The summed E-state index contributed by atoms with van der Waals surface area (Å²) in [6.45, 7) is 9.14. The highest BCUT2D eigenvalue weighted by Gasteiger charge is 2.33. The Labute approximate surface area is 243 Å². The van der Waals surface area contributed by atoms with Gasteiger partial charge in [-0.05, 0) is 75.6 Å². The zero-order chi connectivity index (χ0) is 30.3. The Kier molecular flexibility index (Phi) is 10.4. The fourth-order valence-corrected chi connectivity index (χ4v) is 5.94. The van der Waals surface area contributed by atoms with Crippen LogP contribution in [-0.2, 0) is 26.2 Å². The monoisotopic (exact) mass is 581 g/mol. The number of carbonyl (C=O) groups excluding carboxylic acids is 2. The van der Waals surface area contributed by atoms with Crippen LogP contribution in [0.5, 0.6) is 11.5 Å². The standard InChI is InChI=1S/C31H39N3O6S/c1-8-32-31(36)24(5)33(19-25-11-9-21(2)10-12-25)30(35)20-34(26-16-22(3)15-23(4)17-26)41(37,38)27-13-14-28(39-6)29(18-27)40-7/h9-18,24H,8,19-20H2,1-7H3,(H,32,36)/t24-/m0/s1. The van der Waals surface area contributed by atoms with Crippen LogP contribution in [0.15, 0.2) is 65.6 Å². The summed E-state index contributed by atoms with van der Waals surface area (Å²) in [4.78, 5) is 28.2. The lowest BCUT2D eigenvalue weighted by molar-refractivity contribution is -0.139. The van der Waals surface area contributed by atoms with Gasteiger partial charge >= 0.3 is 0 Å². The molecule has 0 saturated carbocycles. The van der Waals surface area contributed by atoms with Gasteiger partial charge < -0.3 is 19.7 Å². The van der Waals surface area contributed by atoms with E-state index in [2.05, 4.69) is 5.32 Å². The number of hydrogen-bond acceptors (Lipinski definition) is 6. The molecule has 220 valence electrons. The first-order valence-electron chi connectivity index (χ1n) is 13.4. The van der Waals surface area contributed by atoms with Crippen LogP contribution in [0, 0.1) is 20.8 Å². The summed E-state index contributed by atoms with van der Waals surface area (Å²) in [6, 6.07) is 16.5. The smallest absolute Gasteiger partial charge is 0.264 e. The van der Waals surface area contributed by atoms with Crippen molar-refractivity contribution in [2.75, 3.05) is 31.6 Å². The van der Waals surface area contributed by atoms with Crippen LogP contribution in [0.1, 0.15) is 36.1 Å². The molecule has 9 nitrogen and oxygen atoms in total. The first-order chi connectivity index (χ1) is 19.4. The van der Waals surface area contributed by atoms with Crippen molar-refractivity contribution in [1.29, 1.82) is 0 Å². The molecule has 1 N–H and O–H groups in total. The summed E-state index contributed by atoms with van der Waals surface area (Å²) in [6.07, 6.45) is 0. The van der Waals surface area contributed by atoms with Crippen molar-refractivity contribution in [3.8, 4) is 11.5 Å². The van der Waals surface area contributed by atoms with Crippen LogP contribution in [0.25, 0.3) is 0 Å². The predicted molar refractivity (Wildman–Crippen MR) is 160 cm³/mol. The molecule has 2 amide bonds. The number of amides is 2. The molecule has 0 aliphatic carbocycles. The summed E-state index contributed by atoms with van der Waals surface area (Å²) in [5.41, 5.74) is 3.90. The number of methoxy groups -OCH3 is 2. The van der Waals surface area contributed by atoms with E-state index >= 15 is 0 Å². The maximum absolute atomic E-state index is 14.2. The summed E-state index contributed by atoms with van der Waals surface area (Å²) in [5.74, 6) is -0.229. The zero-order valence-electron chi connectivity index (χ0n) is 24.7. The first-order valence-corrected chi connectivity index (χ1v) is 14.8. The van der Waals surface area contributed by atoms with Crippen molar-refractivity contribution in [1.82, 2.24) is 10.2 Å². The topological polar surface area (TPSA) is 105 Å². The third-order valence-electron chi connectivity index (χ3n) is 6.71. The van der Waals surface area contributed by atoms with E-state index in [1.165, 1.54) is 37.3 Å². The predicted octanol–water partition coefficient (Wildman–Crippen LogP) is 4.38. The number of benzene rings is 3. The van der Waals surface area contributed by atoms with E-state index in [1.807, 2.05) is 51.1 Å². The van der Waals surface area contributed by atoms with Gasteiger partial charge in [-0.25, -0.2) is 8.42 Å². The van der Waals surface area contributed by atoms with Crippen LogP contribution in [0.3, 0.4) is 0 Å². The van der Waals surface area contributed by atoms with Crippen molar-refractivity contribution in [3.05, 3.63) is 82.9 Å². The third-order valence-corrected chi connectivity index (χ3v) is 8.48. The maximum Gasteiger partial charge on any atom is 0.264 e. The van der Waals surface area contributed by atoms with Crippen molar-refractivity contribution < 1.29 is 27.5 Å². The van der Waals surface area contributed by atoms with Crippen LogP contribution >= 0.6 is 0 Å². The van der Waals surface area contributed by atoms with E-state index in [0.29, 0.717) is 18.0 Å². The second kappa shape index (κ2) is 13.5. The number of sulfonamides is 1. The van der Waals surface area contributed by atoms with Crippen molar-refractivity contribution in [2.24, 2.45) is 0 Å². The Morgan fingerprint density at radius 1 is 0.854 bits per heavy atom. The lowest BCUT2D eigenvalue weighted by Crippen LogP contribution is -2.51. The molecule has 0 saturated heterocycles. The number of anilines is 1. The Bertz CT molecular complexity index is 1470. The highest BCUT2D eigenvalue weighted by atomic mass is 32.2. The van der Waals surface area contributed by atoms with Crippen molar-refractivity contribution >= 4 is 27.5 Å². The molecule has 0 spiro atoms. The molecule has 0 unspecified atom stereocenters. The van der Waals surface area contributed by atoms with Gasteiger partial charge in [-0.1, -0.05) is 35.9 Å². The molecule has 0 heterocycles. The lowest BCUT2D eigenvalue weighted by Gasteiger charge is -2.32. The highest BCUT2D eigenvalue weighted by molar-refractivity contribution is 7.92. The Morgan fingerprint density at radius 3 is 2.02 bits per heavy atom. The van der Waals surface area contributed by atoms with Crippen molar-refractivity contribution in [2.45, 2.75) is 52.1 Å². The number of ether oxygens (including phenoxy) is 2. The number of likely N-dealkylation sites (N-methyl/N-ethyl adjacent to an activating group) is 1. The number of hydrogen-bond donors (Lipinski definition) is 1. The van der Waals surface area contributed by atoms with Crippen molar-refractivity contribution in [3.63, 3.8) is 0 Å². The van der Waals surface area contributed by atoms with Gasteiger partial charge in [0.2, 0.25) is 11.8 Å². The molecule has 41 heavy (non-hydrogen) atoms. The number of rotatable bonds is 12. The SMILES string of the molecule is CCNC(=O)[C@H](C)N(Cc1ccc(C)cc1)C(=O)CN(c1cc(C)cc(C)c1)S(=O)(=O)c1ccc(OC)c(OC)c1. The molecule has 3 rings (SSSR count). The number of nitrogens with one attached hydrogen (secondary N) is 1. The maximum atomic E-state index is 14.2. The largest absolute Gasteiger partial charge is 0.493 e. The first kappa shape index (κ1) is 31.5. The summed E-state index contributed by atoms with van der Waals surface area (Å²) >= 11 is 0. The molecule has 0 radical (unpaired) electrons. The van der Waals surface area contributed by atoms with E-state index in [0.717, 1.165) is 26.6 Å². The van der Waals surface area contributed by atoms with Crippen LogP contribution in [-0.4, -0.2) is 58.5 Å². The van der Waals surface area contributed by atoms with Gasteiger partial charge in [0.25, 0.3) is 10.0 Å². The molecule has 1 atom stereocenters. The minimum Gasteiger partial charge on any atom is -0.493 e. The fraction of sp³-hybridized carbons (Fsp3) is 0.355. The molecule has 0 aliphatic heterocycles. The second-order valence-corrected chi connectivity index (χ2v) is 11.8. The molecule has 3 aromatic carbocycles. The van der Waals surface area contributed by atoms with Gasteiger partial charge in [0.05, 0.1) is 24.8 Å². The number of nitrogens with zero attached hydrogens (tertiary/aromatic N) is 2. The average molecular weight is 582 g/mol. The molecular formula is C31H39N3O6S. The van der Waals surface area contributed by atoms with Gasteiger partial charge in [0, 0.05) is 19.2 Å². The molecule has 0 bridgehead atoms. The van der Waals surface area contributed by atoms with E-state index in [9.17, 15) is 18.0 Å². The van der Waals surface area contributed by atoms with Crippen LogP contribution < -0.4 is 19.1 Å².